The van der Waals surface area contributed by atoms with E-state index in [1.54, 1.807) is 0 Å². The largest absolute Gasteiger partial charge is 0.355 e. The fraction of sp³-hybridized carbons (Fsp3) is 0.0682. The second-order valence-electron chi connectivity index (χ2n) is 12.8. The summed E-state index contributed by atoms with van der Waals surface area (Å²) >= 11 is 0. The molecule has 2 aliphatic carbocycles. The molecule has 48 heavy (non-hydrogen) atoms. The third-order valence-corrected chi connectivity index (χ3v) is 10.1. The van der Waals surface area contributed by atoms with Crippen molar-refractivity contribution in [2.45, 2.75) is 18.9 Å². The molecule has 1 aliphatic heterocycles. The zero-order valence-corrected chi connectivity index (χ0v) is 26.3. The maximum Gasteiger partial charge on any atom is 0.147 e. The molecule has 3 aliphatic rings. The lowest BCUT2D eigenvalue weighted by Crippen LogP contribution is -2.28. The number of imidazole rings is 1. The first-order valence-corrected chi connectivity index (χ1v) is 16.7. The van der Waals surface area contributed by atoms with Crippen LogP contribution in [-0.4, -0.2) is 15.4 Å². The summed E-state index contributed by atoms with van der Waals surface area (Å²) in [6.07, 6.45) is 15.2. The van der Waals surface area contributed by atoms with E-state index in [-0.39, 0.29) is 6.04 Å². The lowest BCUT2D eigenvalue weighted by atomic mass is 9.92. The highest BCUT2D eigenvalue weighted by Crippen LogP contribution is 2.50. The van der Waals surface area contributed by atoms with E-state index in [0.717, 1.165) is 41.4 Å². The van der Waals surface area contributed by atoms with Crippen molar-refractivity contribution in [2.24, 2.45) is 0 Å². The second kappa shape index (κ2) is 10.7. The van der Waals surface area contributed by atoms with Crippen molar-refractivity contribution in [2.75, 3.05) is 10.2 Å². The fourth-order valence-corrected chi connectivity index (χ4v) is 7.95. The maximum absolute atomic E-state index is 5.40. The molecule has 1 N–H and O–H groups in total. The van der Waals surface area contributed by atoms with Crippen LogP contribution in [0.3, 0.4) is 0 Å². The molecule has 4 heteroatoms. The van der Waals surface area contributed by atoms with Crippen LogP contribution < -0.4 is 10.2 Å². The number of para-hydroxylation sites is 2. The molecule has 1 atom stereocenters. The van der Waals surface area contributed by atoms with Crippen LogP contribution in [0, 0.1) is 0 Å². The molecule has 0 radical (unpaired) electrons. The zero-order chi connectivity index (χ0) is 31.6. The number of pyridine rings is 1. The fourth-order valence-electron chi connectivity index (χ4n) is 7.95. The number of rotatable bonds is 5. The summed E-state index contributed by atoms with van der Waals surface area (Å²) in [5.74, 6) is 1.15. The topological polar surface area (TPSA) is 32.6 Å². The van der Waals surface area contributed by atoms with Gasteiger partial charge in [0.1, 0.15) is 17.2 Å². The highest BCUT2D eigenvalue weighted by Gasteiger charge is 2.40. The summed E-state index contributed by atoms with van der Waals surface area (Å²) in [6.45, 7) is 0. The van der Waals surface area contributed by atoms with Crippen LogP contribution in [0.25, 0.3) is 49.6 Å². The normalized spacial score (nSPS) is 16.4. The molecule has 7 aromatic rings. The predicted octanol–water partition coefficient (Wildman–Crippen LogP) is 11.3. The van der Waals surface area contributed by atoms with Crippen LogP contribution in [0.1, 0.15) is 24.1 Å². The highest BCUT2D eigenvalue weighted by atomic mass is 15.3. The molecular weight excluding hydrogens is 585 g/mol. The summed E-state index contributed by atoms with van der Waals surface area (Å²) in [4.78, 5) is 7.92. The molecule has 228 valence electrons. The van der Waals surface area contributed by atoms with E-state index < -0.39 is 0 Å². The third-order valence-electron chi connectivity index (χ3n) is 10.1. The van der Waals surface area contributed by atoms with Crippen molar-refractivity contribution < 1.29 is 0 Å². The number of benzene rings is 5. The van der Waals surface area contributed by atoms with Gasteiger partial charge in [-0.1, -0.05) is 121 Å². The van der Waals surface area contributed by atoms with Crippen LogP contribution in [0.5, 0.6) is 0 Å². The predicted molar refractivity (Wildman–Crippen MR) is 201 cm³/mol. The molecule has 0 saturated carbocycles. The van der Waals surface area contributed by atoms with Crippen molar-refractivity contribution in [3.63, 3.8) is 0 Å². The first-order valence-electron chi connectivity index (χ1n) is 16.7. The minimum Gasteiger partial charge on any atom is -0.355 e. The van der Waals surface area contributed by atoms with Crippen molar-refractivity contribution in [3.05, 3.63) is 169 Å². The van der Waals surface area contributed by atoms with Crippen LogP contribution in [-0.2, 0) is 0 Å². The number of aromatic nitrogens is 2. The molecule has 4 nitrogen and oxygen atoms in total. The second-order valence-corrected chi connectivity index (χ2v) is 12.8. The Kier molecular flexibility index (Phi) is 6.03. The monoisotopic (exact) mass is 616 g/mol. The van der Waals surface area contributed by atoms with Gasteiger partial charge < -0.3 is 10.2 Å². The molecule has 0 fully saturated rings. The Hall–Kier alpha value is -6.13. The maximum atomic E-state index is 5.40. The van der Waals surface area contributed by atoms with Gasteiger partial charge >= 0.3 is 0 Å². The van der Waals surface area contributed by atoms with Crippen LogP contribution in [0.4, 0.5) is 22.9 Å². The molecule has 10 rings (SSSR count). The molecule has 0 bridgehead atoms. The molecule has 0 amide bonds. The van der Waals surface area contributed by atoms with Gasteiger partial charge in [0, 0.05) is 39.0 Å². The number of allylic oxidation sites excluding steroid dienone is 6. The van der Waals surface area contributed by atoms with Crippen LogP contribution in [0.2, 0.25) is 0 Å². The van der Waals surface area contributed by atoms with Crippen molar-refractivity contribution in [3.8, 4) is 11.1 Å². The molecular formula is C44H32N4. The van der Waals surface area contributed by atoms with Gasteiger partial charge in [-0.2, -0.15) is 0 Å². The Bertz CT molecular complexity index is 2530. The van der Waals surface area contributed by atoms with E-state index in [9.17, 15) is 0 Å². The van der Waals surface area contributed by atoms with Crippen LogP contribution in [0.15, 0.2) is 158 Å². The molecule has 5 aromatic carbocycles. The summed E-state index contributed by atoms with van der Waals surface area (Å²) in [7, 11) is 0. The standard InChI is InChI=1S/C44H32N4/c1-2-15-31(16-3-1)45-38-22-12-21-33(41(38)30-13-4-5-14-30)29-25-27-32(28-26-29)47-40-24-11-9-20-37(40)42-44(47)48-39-23-10-8-18-35(39)34-17-6-7-19-36(34)43(48)46-42/h1-13,15-23,25-28,40,45H,14,24H2. The van der Waals surface area contributed by atoms with Crippen molar-refractivity contribution in [1.82, 2.24) is 9.38 Å². The van der Waals surface area contributed by atoms with E-state index in [0.29, 0.717) is 0 Å². The molecule has 0 saturated heterocycles. The SMILES string of the molecule is C1=CCC(c2c(Nc3ccccc3)cccc2-c2ccc(N3c4c(nc5c6ccccc6c6ccccc6n45)C4=CC=CCC43)cc2)=C1. The van der Waals surface area contributed by atoms with E-state index in [1.807, 2.05) is 0 Å². The number of hydrogen-bond acceptors (Lipinski definition) is 3. The summed E-state index contributed by atoms with van der Waals surface area (Å²) in [5, 5.41) is 7.36. The molecule has 3 heterocycles. The van der Waals surface area contributed by atoms with Gasteiger partial charge in [0.05, 0.1) is 11.6 Å². The summed E-state index contributed by atoms with van der Waals surface area (Å²) in [5.41, 5.74) is 12.9. The number of nitrogens with one attached hydrogen (secondary N) is 1. The summed E-state index contributed by atoms with van der Waals surface area (Å²) in [6, 6.07) is 43.8. The first kappa shape index (κ1) is 27.0. The molecule has 1 unspecified atom stereocenters. The Morgan fingerprint density at radius 2 is 1.44 bits per heavy atom. The average Bonchev–Trinajstić information content (AvgIpc) is 3.89. The van der Waals surface area contributed by atoms with Gasteiger partial charge in [0.2, 0.25) is 0 Å². The van der Waals surface area contributed by atoms with E-state index in [2.05, 4.69) is 172 Å². The van der Waals surface area contributed by atoms with Crippen molar-refractivity contribution in [1.29, 1.82) is 0 Å². The van der Waals surface area contributed by atoms with E-state index >= 15 is 0 Å². The lowest BCUT2D eigenvalue weighted by molar-refractivity contribution is 0.816. The lowest BCUT2D eigenvalue weighted by Gasteiger charge is -2.29. The smallest absolute Gasteiger partial charge is 0.147 e. The zero-order valence-electron chi connectivity index (χ0n) is 26.3. The van der Waals surface area contributed by atoms with E-state index in [4.69, 9.17) is 4.98 Å². The van der Waals surface area contributed by atoms with Gasteiger partial charge in [0.25, 0.3) is 0 Å². The Labute approximate surface area is 279 Å². The Morgan fingerprint density at radius 1 is 0.667 bits per heavy atom. The molecule has 0 spiro atoms. The van der Waals surface area contributed by atoms with E-state index in [1.165, 1.54) is 55.2 Å². The van der Waals surface area contributed by atoms with Gasteiger partial charge in [-0.05, 0) is 71.3 Å². The number of anilines is 4. The van der Waals surface area contributed by atoms with Gasteiger partial charge in [-0.25, -0.2) is 4.98 Å². The van der Waals surface area contributed by atoms with Crippen LogP contribution >= 0.6 is 0 Å². The summed E-state index contributed by atoms with van der Waals surface area (Å²) < 4.78 is 2.40. The average molecular weight is 617 g/mol. The van der Waals surface area contributed by atoms with Gasteiger partial charge in [-0.15, -0.1) is 0 Å². The Morgan fingerprint density at radius 3 is 2.27 bits per heavy atom. The number of hydrogen-bond donors (Lipinski definition) is 1. The number of fused-ring (bicyclic) bond motifs is 10. The van der Waals surface area contributed by atoms with Gasteiger partial charge in [0.15, 0.2) is 0 Å². The minimum absolute atomic E-state index is 0.198. The van der Waals surface area contributed by atoms with Gasteiger partial charge in [-0.3, -0.25) is 4.40 Å². The Balaban J connectivity index is 1.13. The van der Waals surface area contributed by atoms with Crippen molar-refractivity contribution >= 4 is 61.3 Å². The third kappa shape index (κ3) is 4.06. The molecule has 2 aromatic heterocycles. The first-order chi connectivity index (χ1) is 23.8. The highest BCUT2D eigenvalue weighted by molar-refractivity contribution is 6.13. The minimum atomic E-state index is 0.198. The number of nitrogens with zero attached hydrogens (tertiary/aromatic N) is 3. The quantitative estimate of drug-likeness (QED) is 0.195.